The summed E-state index contributed by atoms with van der Waals surface area (Å²) in [5.41, 5.74) is 1.61. The van der Waals surface area contributed by atoms with Crippen molar-refractivity contribution in [2.24, 2.45) is 0 Å². The summed E-state index contributed by atoms with van der Waals surface area (Å²) in [6, 6.07) is 3.36. The van der Waals surface area contributed by atoms with E-state index in [4.69, 9.17) is 21.1 Å². The maximum atomic E-state index is 11.6. The van der Waals surface area contributed by atoms with Gasteiger partial charge in [0.25, 0.3) is 0 Å². The number of carbonyl (C=O) groups is 1. The van der Waals surface area contributed by atoms with Gasteiger partial charge >= 0.3 is 5.97 Å². The van der Waals surface area contributed by atoms with E-state index in [9.17, 15) is 4.79 Å². The molecule has 2 atom stereocenters. The van der Waals surface area contributed by atoms with Crippen LogP contribution in [0.4, 0.5) is 0 Å². The molecule has 0 N–H and O–H groups in total. The Balaban J connectivity index is 2.08. The van der Waals surface area contributed by atoms with E-state index in [1.807, 2.05) is 11.5 Å². The van der Waals surface area contributed by atoms with E-state index in [-0.39, 0.29) is 17.2 Å². The van der Waals surface area contributed by atoms with Crippen molar-refractivity contribution >= 4 is 28.7 Å². The molecular weight excluding hydrogens is 294 g/mol. The number of methoxy groups -OCH3 is 1. The standard InChI is InChI=1S/C14H16ClN3O3/c1-8(15)12-16-10-3-4-11(14(19)20-2)17-13(10)18(12)7-9-5-6-21-9/h3-4,8-9H,5-7H2,1-2H3/t8?,9-/m0/s1. The number of esters is 1. The van der Waals surface area contributed by atoms with Gasteiger partial charge < -0.3 is 14.0 Å². The second kappa shape index (κ2) is 5.61. The molecule has 21 heavy (non-hydrogen) atoms. The van der Waals surface area contributed by atoms with E-state index < -0.39 is 5.97 Å². The highest BCUT2D eigenvalue weighted by atomic mass is 35.5. The number of rotatable bonds is 4. The zero-order chi connectivity index (χ0) is 15.0. The Labute approximate surface area is 127 Å². The number of nitrogens with zero attached hydrogens (tertiary/aromatic N) is 3. The van der Waals surface area contributed by atoms with Gasteiger partial charge in [0.15, 0.2) is 11.3 Å². The van der Waals surface area contributed by atoms with Gasteiger partial charge in [0.1, 0.15) is 11.3 Å². The zero-order valence-electron chi connectivity index (χ0n) is 11.9. The molecule has 0 saturated carbocycles. The van der Waals surface area contributed by atoms with Gasteiger partial charge in [0.2, 0.25) is 0 Å². The van der Waals surface area contributed by atoms with Crippen LogP contribution in [0.5, 0.6) is 0 Å². The minimum atomic E-state index is -0.468. The van der Waals surface area contributed by atoms with Crippen LogP contribution >= 0.6 is 11.6 Å². The number of ether oxygens (including phenoxy) is 2. The summed E-state index contributed by atoms with van der Waals surface area (Å²) >= 11 is 6.21. The van der Waals surface area contributed by atoms with Crippen LogP contribution in [0.1, 0.15) is 35.0 Å². The number of imidazole rings is 1. The Morgan fingerprint density at radius 3 is 2.90 bits per heavy atom. The first-order valence-electron chi connectivity index (χ1n) is 6.81. The molecule has 6 nitrogen and oxygen atoms in total. The van der Waals surface area contributed by atoms with E-state index in [0.29, 0.717) is 17.7 Å². The number of fused-ring (bicyclic) bond motifs is 1. The molecule has 0 aliphatic carbocycles. The highest BCUT2D eigenvalue weighted by molar-refractivity contribution is 6.20. The fourth-order valence-corrected chi connectivity index (χ4v) is 2.52. The second-order valence-corrected chi connectivity index (χ2v) is 5.66. The number of aromatic nitrogens is 3. The normalized spacial score (nSPS) is 19.3. The first kappa shape index (κ1) is 14.3. The minimum absolute atomic E-state index is 0.153. The lowest BCUT2D eigenvalue weighted by Crippen LogP contribution is -2.32. The van der Waals surface area contributed by atoms with Gasteiger partial charge in [-0.2, -0.15) is 0 Å². The smallest absolute Gasteiger partial charge is 0.356 e. The molecule has 1 unspecified atom stereocenters. The number of pyridine rings is 1. The average molecular weight is 310 g/mol. The van der Waals surface area contributed by atoms with Crippen molar-refractivity contribution < 1.29 is 14.3 Å². The van der Waals surface area contributed by atoms with Gasteiger partial charge in [-0.05, 0) is 25.5 Å². The zero-order valence-corrected chi connectivity index (χ0v) is 12.6. The topological polar surface area (TPSA) is 66.2 Å². The van der Waals surface area contributed by atoms with E-state index in [1.54, 1.807) is 12.1 Å². The summed E-state index contributed by atoms with van der Waals surface area (Å²) in [4.78, 5) is 20.5. The molecule has 1 aliphatic heterocycles. The monoisotopic (exact) mass is 309 g/mol. The van der Waals surface area contributed by atoms with Crippen molar-refractivity contribution in [3.63, 3.8) is 0 Å². The van der Waals surface area contributed by atoms with Crippen LogP contribution in [0.3, 0.4) is 0 Å². The molecule has 0 bridgehead atoms. The van der Waals surface area contributed by atoms with Crippen LogP contribution in [0.25, 0.3) is 11.2 Å². The highest BCUT2D eigenvalue weighted by Gasteiger charge is 2.24. The van der Waals surface area contributed by atoms with Crippen molar-refractivity contribution in [1.82, 2.24) is 14.5 Å². The number of alkyl halides is 1. The molecule has 1 aliphatic rings. The largest absolute Gasteiger partial charge is 0.464 e. The van der Waals surface area contributed by atoms with Gasteiger partial charge in [-0.1, -0.05) is 0 Å². The molecule has 0 radical (unpaired) electrons. The third kappa shape index (κ3) is 2.61. The van der Waals surface area contributed by atoms with Gasteiger partial charge in [0, 0.05) is 6.61 Å². The molecule has 3 heterocycles. The lowest BCUT2D eigenvalue weighted by atomic mass is 10.2. The van der Waals surface area contributed by atoms with Crippen molar-refractivity contribution in [1.29, 1.82) is 0 Å². The molecule has 2 aromatic rings. The molecule has 1 fully saturated rings. The second-order valence-electron chi connectivity index (χ2n) is 5.01. The Bertz CT molecular complexity index is 679. The van der Waals surface area contributed by atoms with E-state index >= 15 is 0 Å². The maximum absolute atomic E-state index is 11.6. The first-order valence-corrected chi connectivity index (χ1v) is 7.25. The lowest BCUT2D eigenvalue weighted by Gasteiger charge is -2.27. The van der Waals surface area contributed by atoms with Crippen molar-refractivity contribution in [2.45, 2.75) is 31.4 Å². The predicted molar refractivity (Wildman–Crippen MR) is 77.5 cm³/mol. The summed E-state index contributed by atoms with van der Waals surface area (Å²) in [5, 5.41) is -0.249. The molecule has 2 aromatic heterocycles. The summed E-state index contributed by atoms with van der Waals surface area (Å²) in [7, 11) is 1.33. The van der Waals surface area contributed by atoms with Crippen LogP contribution < -0.4 is 0 Å². The Morgan fingerprint density at radius 1 is 1.57 bits per heavy atom. The van der Waals surface area contributed by atoms with Crippen LogP contribution in [-0.2, 0) is 16.0 Å². The lowest BCUT2D eigenvalue weighted by molar-refractivity contribution is -0.0590. The van der Waals surface area contributed by atoms with Crippen molar-refractivity contribution in [3.05, 3.63) is 23.7 Å². The molecule has 0 amide bonds. The third-order valence-electron chi connectivity index (χ3n) is 3.55. The number of hydrogen-bond donors (Lipinski definition) is 0. The fraction of sp³-hybridized carbons (Fsp3) is 0.500. The summed E-state index contributed by atoms with van der Waals surface area (Å²) in [6.07, 6.45) is 1.16. The van der Waals surface area contributed by atoms with Crippen LogP contribution in [0.2, 0.25) is 0 Å². The summed E-state index contributed by atoms with van der Waals surface area (Å²) < 4.78 is 12.1. The molecule has 0 aromatic carbocycles. The summed E-state index contributed by atoms with van der Waals surface area (Å²) in [5.74, 6) is 0.265. The predicted octanol–water partition coefficient (Wildman–Crippen LogP) is 2.31. The van der Waals surface area contributed by atoms with Crippen LogP contribution in [-0.4, -0.2) is 40.3 Å². The number of halogens is 1. The molecule has 0 spiro atoms. The Morgan fingerprint density at radius 2 is 2.33 bits per heavy atom. The highest BCUT2D eigenvalue weighted by Crippen LogP contribution is 2.26. The quantitative estimate of drug-likeness (QED) is 0.640. The SMILES string of the molecule is COC(=O)c1ccc2nc(C(C)Cl)n(C[C@@H]3CCO3)c2n1. The van der Waals surface area contributed by atoms with Crippen molar-refractivity contribution in [2.75, 3.05) is 13.7 Å². The van der Waals surface area contributed by atoms with E-state index in [2.05, 4.69) is 9.97 Å². The van der Waals surface area contributed by atoms with E-state index in [1.165, 1.54) is 7.11 Å². The van der Waals surface area contributed by atoms with Crippen LogP contribution in [0, 0.1) is 0 Å². The van der Waals surface area contributed by atoms with E-state index in [0.717, 1.165) is 18.9 Å². The molecular formula is C14H16ClN3O3. The summed E-state index contributed by atoms with van der Waals surface area (Å²) in [6.45, 7) is 3.28. The fourth-order valence-electron chi connectivity index (χ4n) is 2.35. The van der Waals surface area contributed by atoms with Gasteiger partial charge in [-0.15, -0.1) is 11.6 Å². The molecule has 3 rings (SSSR count). The van der Waals surface area contributed by atoms with Crippen molar-refractivity contribution in [3.8, 4) is 0 Å². The van der Waals surface area contributed by atoms with Gasteiger partial charge in [-0.3, -0.25) is 0 Å². The average Bonchev–Trinajstić information content (AvgIpc) is 2.80. The molecule has 7 heteroatoms. The van der Waals surface area contributed by atoms with Gasteiger partial charge in [0.05, 0.1) is 25.1 Å². The Hall–Kier alpha value is -1.66. The third-order valence-corrected chi connectivity index (χ3v) is 3.75. The number of carbonyl (C=O) groups excluding carboxylic acids is 1. The maximum Gasteiger partial charge on any atom is 0.356 e. The first-order chi connectivity index (χ1) is 10.1. The molecule has 112 valence electrons. The number of hydrogen-bond acceptors (Lipinski definition) is 5. The Kier molecular flexibility index (Phi) is 3.82. The molecule has 1 saturated heterocycles. The minimum Gasteiger partial charge on any atom is -0.464 e. The van der Waals surface area contributed by atoms with Gasteiger partial charge in [-0.25, -0.2) is 14.8 Å². The van der Waals surface area contributed by atoms with Crippen LogP contribution in [0.15, 0.2) is 12.1 Å².